The smallest absolute Gasteiger partial charge is 0.163 e. The maximum Gasteiger partial charge on any atom is 0.163 e. The predicted molar refractivity (Wildman–Crippen MR) is 120 cm³/mol. The minimum atomic E-state index is -0.696. The van der Waals surface area contributed by atoms with Crippen molar-refractivity contribution in [2.75, 3.05) is 13.2 Å². The molecule has 2 heterocycles. The van der Waals surface area contributed by atoms with E-state index in [1.54, 1.807) is 6.92 Å². The van der Waals surface area contributed by atoms with Crippen LogP contribution >= 0.6 is 0 Å². The summed E-state index contributed by atoms with van der Waals surface area (Å²) in [6, 6.07) is 0. The Bertz CT molecular complexity index is 644. The molecule has 2 unspecified atom stereocenters. The first-order chi connectivity index (χ1) is 14.4. The fourth-order valence-corrected chi connectivity index (χ4v) is 4.46. The second-order valence-electron chi connectivity index (χ2n) is 10.1. The Hall–Kier alpha value is -1.08. The van der Waals surface area contributed by atoms with Crippen LogP contribution in [0.5, 0.6) is 0 Å². The summed E-state index contributed by atoms with van der Waals surface area (Å²) in [5, 5.41) is 0. The van der Waals surface area contributed by atoms with Crippen LogP contribution in [0.2, 0.25) is 0 Å². The zero-order valence-electron chi connectivity index (χ0n) is 20.5. The summed E-state index contributed by atoms with van der Waals surface area (Å²) in [5.74, 6) is -0.807. The summed E-state index contributed by atoms with van der Waals surface area (Å²) < 4.78 is 24.0. The third-order valence-electron chi connectivity index (χ3n) is 6.41. The quantitative estimate of drug-likeness (QED) is 0.448. The van der Waals surface area contributed by atoms with Crippen molar-refractivity contribution >= 4 is 11.6 Å². The normalized spacial score (nSPS) is 26.9. The molecule has 0 aromatic heterocycles. The lowest BCUT2D eigenvalue weighted by Gasteiger charge is -2.44. The summed E-state index contributed by atoms with van der Waals surface area (Å²) in [5.41, 5.74) is 0.287. The van der Waals surface area contributed by atoms with E-state index in [9.17, 15) is 9.59 Å². The van der Waals surface area contributed by atoms with Crippen LogP contribution in [0.3, 0.4) is 0 Å². The molecule has 0 N–H and O–H groups in total. The molecule has 0 bridgehead atoms. The lowest BCUT2D eigenvalue weighted by Crippen LogP contribution is -2.51. The van der Waals surface area contributed by atoms with E-state index in [2.05, 4.69) is 0 Å². The van der Waals surface area contributed by atoms with Gasteiger partial charge in [0.05, 0.1) is 24.2 Å². The highest BCUT2D eigenvalue weighted by Crippen LogP contribution is 2.38. The third-order valence-corrected chi connectivity index (χ3v) is 6.41. The minimum Gasteiger partial charge on any atom is -0.353 e. The molecule has 2 fully saturated rings. The average molecular weight is 439 g/mol. The van der Waals surface area contributed by atoms with Gasteiger partial charge in [-0.3, -0.25) is 4.79 Å². The van der Waals surface area contributed by atoms with Crippen molar-refractivity contribution in [1.29, 1.82) is 0 Å². The van der Waals surface area contributed by atoms with E-state index >= 15 is 0 Å². The van der Waals surface area contributed by atoms with Crippen molar-refractivity contribution in [2.45, 2.75) is 111 Å². The molecule has 6 heteroatoms. The molecule has 2 aliphatic rings. The van der Waals surface area contributed by atoms with Crippen LogP contribution in [0.15, 0.2) is 11.6 Å². The fraction of sp³-hybridized carbons (Fsp3) is 0.840. The zero-order valence-corrected chi connectivity index (χ0v) is 20.5. The highest BCUT2D eigenvalue weighted by molar-refractivity contribution is 5.87. The number of carbonyl (C=O) groups is 2. The average Bonchev–Trinajstić information content (AvgIpc) is 2.70. The number of hydrogen-bond acceptors (Lipinski definition) is 6. The summed E-state index contributed by atoms with van der Waals surface area (Å²) in [7, 11) is 0. The lowest BCUT2D eigenvalue weighted by molar-refractivity contribution is -0.289. The van der Waals surface area contributed by atoms with Crippen LogP contribution in [0, 0.1) is 11.3 Å². The highest BCUT2D eigenvalue weighted by Gasteiger charge is 2.46. The number of allylic oxidation sites excluding steroid dienone is 1. The van der Waals surface area contributed by atoms with Gasteiger partial charge in [0, 0.05) is 18.9 Å². The minimum absolute atomic E-state index is 0.107. The SMILES string of the molecule is CC(=O)CC/C=C(\C)[C@H](OC1CCCCO1)C(C)C(=O)C(C)(C)[C@@H]1CCOC(C)(C)O1. The fourth-order valence-electron chi connectivity index (χ4n) is 4.46. The van der Waals surface area contributed by atoms with Gasteiger partial charge >= 0.3 is 0 Å². The Morgan fingerprint density at radius 2 is 1.87 bits per heavy atom. The van der Waals surface area contributed by atoms with Crippen molar-refractivity contribution in [2.24, 2.45) is 11.3 Å². The molecule has 2 rings (SSSR count). The third kappa shape index (κ3) is 7.48. The first-order valence-corrected chi connectivity index (χ1v) is 11.7. The van der Waals surface area contributed by atoms with Gasteiger partial charge < -0.3 is 23.7 Å². The van der Waals surface area contributed by atoms with E-state index in [0.717, 1.165) is 24.8 Å². The monoisotopic (exact) mass is 438 g/mol. The van der Waals surface area contributed by atoms with E-state index in [0.29, 0.717) is 32.5 Å². The van der Waals surface area contributed by atoms with Gasteiger partial charge in [0.25, 0.3) is 0 Å². The van der Waals surface area contributed by atoms with Gasteiger partial charge in [-0.1, -0.05) is 26.8 Å². The number of rotatable bonds is 10. The van der Waals surface area contributed by atoms with Gasteiger partial charge in [0.15, 0.2) is 12.1 Å². The van der Waals surface area contributed by atoms with Gasteiger partial charge in [-0.15, -0.1) is 0 Å². The molecule has 31 heavy (non-hydrogen) atoms. The predicted octanol–water partition coefficient (Wildman–Crippen LogP) is 4.99. The molecular formula is C25H42O6. The van der Waals surface area contributed by atoms with E-state index in [1.807, 2.05) is 47.6 Å². The summed E-state index contributed by atoms with van der Waals surface area (Å²) in [6.45, 7) is 14.5. The van der Waals surface area contributed by atoms with Gasteiger partial charge in [0.1, 0.15) is 11.6 Å². The number of ketones is 2. The largest absolute Gasteiger partial charge is 0.353 e. The van der Waals surface area contributed by atoms with Gasteiger partial charge in [-0.2, -0.15) is 0 Å². The van der Waals surface area contributed by atoms with E-state index in [-0.39, 0.29) is 29.9 Å². The standard InChI is InChI=1S/C25H42O6/c1-17(11-10-12-18(2)26)22(30-21-13-8-9-15-28-21)19(3)23(27)24(4,5)20-14-16-29-25(6,7)31-20/h11,19-22H,8-10,12-16H2,1-7H3/b17-11+/t19?,20-,21?,22-/m0/s1. The van der Waals surface area contributed by atoms with Crippen molar-refractivity contribution in [3.8, 4) is 0 Å². The Kier molecular flexibility index (Phi) is 9.43. The van der Waals surface area contributed by atoms with Crippen LogP contribution in [0.4, 0.5) is 0 Å². The second kappa shape index (κ2) is 11.2. The molecule has 2 saturated heterocycles. The van der Waals surface area contributed by atoms with Crippen LogP contribution < -0.4 is 0 Å². The maximum atomic E-state index is 13.7. The Morgan fingerprint density at radius 1 is 1.16 bits per heavy atom. The van der Waals surface area contributed by atoms with E-state index in [4.69, 9.17) is 18.9 Å². The van der Waals surface area contributed by atoms with Crippen LogP contribution in [0.25, 0.3) is 0 Å². The Labute approximate surface area is 188 Å². The molecule has 0 aromatic rings. The maximum absolute atomic E-state index is 13.7. The lowest BCUT2D eigenvalue weighted by atomic mass is 9.73. The van der Waals surface area contributed by atoms with Crippen LogP contribution in [-0.2, 0) is 28.5 Å². The second-order valence-corrected chi connectivity index (χ2v) is 10.1. The van der Waals surface area contributed by atoms with Crippen molar-refractivity contribution in [3.63, 3.8) is 0 Å². The first kappa shape index (κ1) is 26.2. The number of ether oxygens (including phenoxy) is 4. The molecular weight excluding hydrogens is 396 g/mol. The van der Waals surface area contributed by atoms with Crippen LogP contribution in [0.1, 0.15) is 87.0 Å². The van der Waals surface area contributed by atoms with Gasteiger partial charge in [-0.05, 0) is 65.4 Å². The van der Waals surface area contributed by atoms with Gasteiger partial charge in [0.2, 0.25) is 0 Å². The molecule has 0 saturated carbocycles. The first-order valence-electron chi connectivity index (χ1n) is 11.7. The molecule has 0 radical (unpaired) electrons. The number of Topliss-reactive ketones (excluding diaryl/α,β-unsaturated/α-hetero) is 2. The van der Waals surface area contributed by atoms with Crippen molar-refractivity contribution < 1.29 is 28.5 Å². The molecule has 0 amide bonds. The Morgan fingerprint density at radius 3 is 2.45 bits per heavy atom. The molecule has 0 spiro atoms. The molecule has 6 nitrogen and oxygen atoms in total. The summed E-state index contributed by atoms with van der Waals surface area (Å²) in [4.78, 5) is 25.1. The molecule has 0 aromatic carbocycles. The van der Waals surface area contributed by atoms with Crippen molar-refractivity contribution in [1.82, 2.24) is 0 Å². The van der Waals surface area contributed by atoms with E-state index in [1.165, 1.54) is 0 Å². The van der Waals surface area contributed by atoms with Crippen LogP contribution in [-0.4, -0.2) is 49.1 Å². The molecule has 4 atom stereocenters. The topological polar surface area (TPSA) is 71.1 Å². The van der Waals surface area contributed by atoms with E-state index < -0.39 is 17.3 Å². The molecule has 0 aliphatic carbocycles. The summed E-state index contributed by atoms with van der Waals surface area (Å²) >= 11 is 0. The molecule has 2 aliphatic heterocycles. The molecule has 178 valence electrons. The number of hydrogen-bond donors (Lipinski definition) is 0. The summed E-state index contributed by atoms with van der Waals surface area (Å²) in [6.07, 6.45) is 5.86. The highest BCUT2D eigenvalue weighted by atomic mass is 16.7. The zero-order chi connectivity index (χ0) is 23.2. The Balaban J connectivity index is 2.19. The number of carbonyl (C=O) groups excluding carboxylic acids is 2. The van der Waals surface area contributed by atoms with Gasteiger partial charge in [-0.25, -0.2) is 0 Å². The van der Waals surface area contributed by atoms with Crippen molar-refractivity contribution in [3.05, 3.63) is 11.6 Å².